The maximum absolute atomic E-state index is 7.67. The van der Waals surface area contributed by atoms with Crippen molar-refractivity contribution in [1.29, 1.82) is 5.41 Å². The topological polar surface area (TPSA) is 118 Å². The van der Waals surface area contributed by atoms with Crippen molar-refractivity contribution in [2.24, 2.45) is 5.73 Å². The molecule has 2 aromatic carbocycles. The normalized spacial score (nSPS) is 17.2. The van der Waals surface area contributed by atoms with E-state index in [1.807, 2.05) is 54.6 Å². The Kier molecular flexibility index (Phi) is 10.4. The van der Waals surface area contributed by atoms with Gasteiger partial charge in [0.2, 0.25) is 0 Å². The van der Waals surface area contributed by atoms with Gasteiger partial charge in [0.15, 0.2) is 11.8 Å². The lowest BCUT2D eigenvalue weighted by Crippen LogP contribution is -2.50. The number of aromatic nitrogens is 2. The Bertz CT molecular complexity index is 1170. The van der Waals surface area contributed by atoms with Crippen molar-refractivity contribution in [2.45, 2.75) is 37.8 Å². The summed E-state index contributed by atoms with van der Waals surface area (Å²) >= 11 is 0. The molecule has 8 nitrogen and oxygen atoms in total. The van der Waals surface area contributed by atoms with Crippen LogP contribution in [0.15, 0.2) is 42.5 Å². The Labute approximate surface area is 218 Å². The number of hydrogen-bond acceptors (Lipinski definition) is 6. The minimum Gasteiger partial charge on any atom is -0.497 e. The first kappa shape index (κ1) is 28.0. The summed E-state index contributed by atoms with van der Waals surface area (Å²) in [7, 11) is 3.30. The number of hydrogen-bond donors (Lipinski definition) is 4. The molecule has 188 valence electrons. The third-order valence-electron chi connectivity index (χ3n) is 5.90. The number of methoxy groups -OCH3 is 2. The van der Waals surface area contributed by atoms with Crippen LogP contribution in [0.3, 0.4) is 0 Å². The van der Waals surface area contributed by atoms with E-state index in [0.717, 1.165) is 59.5 Å². The molecular weight excluding hydrogens is 487 g/mol. The number of ether oxygens (including phenoxy) is 2. The third kappa shape index (κ3) is 6.90. The third-order valence-corrected chi connectivity index (χ3v) is 5.90. The van der Waals surface area contributed by atoms with Crippen molar-refractivity contribution in [3.8, 4) is 11.5 Å². The molecule has 4 rings (SSSR count). The summed E-state index contributed by atoms with van der Waals surface area (Å²) in [6.45, 7) is 0. The molecule has 10 heteroatoms. The Morgan fingerprint density at radius 3 is 2.46 bits per heavy atom. The summed E-state index contributed by atoms with van der Waals surface area (Å²) in [5.74, 6) is 2.85. The van der Waals surface area contributed by atoms with E-state index in [2.05, 4.69) is 10.6 Å². The van der Waals surface area contributed by atoms with E-state index in [0.29, 0.717) is 5.82 Å². The molecule has 0 aliphatic heterocycles. The monoisotopic (exact) mass is 518 g/mol. The fraction of sp³-hybridized carbons (Fsp3) is 0.320. The minimum atomic E-state index is -0.0108. The summed E-state index contributed by atoms with van der Waals surface area (Å²) in [6, 6.07) is 13.8. The molecular formula is C25H32Cl2N6O2. The van der Waals surface area contributed by atoms with E-state index >= 15 is 0 Å². The first-order valence-corrected chi connectivity index (χ1v) is 11.1. The lowest BCUT2D eigenvalue weighted by Gasteiger charge is -2.33. The average Bonchev–Trinajstić information content (AvgIpc) is 2.83. The lowest BCUT2D eigenvalue weighted by atomic mass is 9.90. The summed E-state index contributed by atoms with van der Waals surface area (Å²) in [4.78, 5) is 9.57. The van der Waals surface area contributed by atoms with Crippen molar-refractivity contribution in [1.82, 2.24) is 15.3 Å². The zero-order valence-corrected chi connectivity index (χ0v) is 21.4. The van der Waals surface area contributed by atoms with E-state index in [-0.39, 0.29) is 42.9 Å². The van der Waals surface area contributed by atoms with Gasteiger partial charge in [0, 0.05) is 23.0 Å². The van der Waals surface area contributed by atoms with Gasteiger partial charge >= 0.3 is 0 Å². The van der Waals surface area contributed by atoms with Crippen LogP contribution in [-0.4, -0.2) is 42.2 Å². The highest BCUT2D eigenvalue weighted by Gasteiger charge is 2.26. The quantitative estimate of drug-likeness (QED) is 0.260. The Balaban J connectivity index is 0.00000216. The Morgan fingerprint density at radius 1 is 1.00 bits per heavy atom. The predicted molar refractivity (Wildman–Crippen MR) is 147 cm³/mol. The van der Waals surface area contributed by atoms with Crippen molar-refractivity contribution < 1.29 is 9.47 Å². The molecule has 35 heavy (non-hydrogen) atoms. The number of nitrogens with zero attached hydrogens (tertiary/aromatic N) is 2. The van der Waals surface area contributed by atoms with Gasteiger partial charge in [-0.05, 0) is 49.3 Å². The zero-order valence-electron chi connectivity index (χ0n) is 19.8. The molecule has 1 aliphatic rings. The standard InChI is InChI=1S/C25H30N6O2.2ClH/c1-32-17-12-13-19-18(15-17)24(29-20-8-4-5-9-21(20)30-25(26)27)31-23(28-19)14-11-16-7-3-6-10-22(16)33-2;;/h3,6-7,10-15,20-21H,4-5,8-9H2,1-2H3,(H4,26,27,30)(H,28,29,31);2*1H/t20-,21+;;/m0../s1. The van der Waals surface area contributed by atoms with Crippen molar-refractivity contribution in [2.75, 3.05) is 19.5 Å². The average molecular weight is 519 g/mol. The molecule has 1 fully saturated rings. The van der Waals surface area contributed by atoms with Crippen LogP contribution in [0.5, 0.6) is 11.5 Å². The molecule has 0 saturated heterocycles. The van der Waals surface area contributed by atoms with E-state index < -0.39 is 0 Å². The number of rotatable bonds is 7. The number of anilines is 1. The summed E-state index contributed by atoms with van der Waals surface area (Å²) < 4.78 is 10.9. The molecule has 0 bridgehead atoms. The second kappa shape index (κ2) is 13.0. The summed E-state index contributed by atoms with van der Waals surface area (Å²) in [5, 5.41) is 15.3. The largest absolute Gasteiger partial charge is 0.497 e. The number of fused-ring (bicyclic) bond motifs is 1. The highest BCUT2D eigenvalue weighted by molar-refractivity contribution is 5.91. The molecule has 2 atom stereocenters. The smallest absolute Gasteiger partial charge is 0.185 e. The molecule has 0 radical (unpaired) electrons. The molecule has 0 amide bonds. The van der Waals surface area contributed by atoms with E-state index in [4.69, 9.17) is 30.6 Å². The van der Waals surface area contributed by atoms with Gasteiger partial charge in [0.05, 0.1) is 19.7 Å². The van der Waals surface area contributed by atoms with Gasteiger partial charge in [-0.3, -0.25) is 5.41 Å². The van der Waals surface area contributed by atoms with Crippen LogP contribution in [0.2, 0.25) is 0 Å². The van der Waals surface area contributed by atoms with Gasteiger partial charge in [-0.15, -0.1) is 24.8 Å². The van der Waals surface area contributed by atoms with Crippen LogP contribution < -0.4 is 25.8 Å². The van der Waals surface area contributed by atoms with Crippen LogP contribution in [-0.2, 0) is 0 Å². The number of benzene rings is 2. The highest BCUT2D eigenvalue weighted by atomic mass is 35.5. The van der Waals surface area contributed by atoms with Crippen LogP contribution in [0.25, 0.3) is 23.1 Å². The fourth-order valence-electron chi connectivity index (χ4n) is 4.26. The summed E-state index contributed by atoms with van der Waals surface area (Å²) in [6.07, 6.45) is 7.97. The van der Waals surface area contributed by atoms with Gasteiger partial charge in [-0.2, -0.15) is 0 Å². The van der Waals surface area contributed by atoms with Crippen molar-refractivity contribution in [3.63, 3.8) is 0 Å². The zero-order chi connectivity index (χ0) is 23.2. The number of nitrogens with one attached hydrogen (secondary N) is 3. The van der Waals surface area contributed by atoms with Crippen LogP contribution in [0.1, 0.15) is 37.1 Å². The molecule has 1 saturated carbocycles. The SMILES string of the molecule is COc1ccc2nc(C=Cc3ccccc3OC)nc(N[C@H]3CCCC[C@H]3NC(=N)N)c2c1.Cl.Cl. The minimum absolute atomic E-state index is 0. The maximum Gasteiger partial charge on any atom is 0.185 e. The number of para-hydroxylation sites is 1. The van der Waals surface area contributed by atoms with E-state index in [9.17, 15) is 0 Å². The molecule has 0 spiro atoms. The number of guanidine groups is 1. The van der Waals surface area contributed by atoms with Gasteiger partial charge in [0.1, 0.15) is 17.3 Å². The highest BCUT2D eigenvalue weighted by Crippen LogP contribution is 2.29. The number of nitrogens with two attached hydrogens (primary N) is 1. The predicted octanol–water partition coefficient (Wildman–Crippen LogP) is 4.87. The van der Waals surface area contributed by atoms with Gasteiger partial charge in [-0.1, -0.05) is 31.0 Å². The molecule has 1 heterocycles. The van der Waals surface area contributed by atoms with E-state index in [1.165, 1.54) is 0 Å². The summed E-state index contributed by atoms with van der Waals surface area (Å²) in [5.41, 5.74) is 7.40. The first-order chi connectivity index (χ1) is 16.1. The molecule has 1 aliphatic carbocycles. The maximum atomic E-state index is 7.67. The van der Waals surface area contributed by atoms with E-state index in [1.54, 1.807) is 14.2 Å². The second-order valence-electron chi connectivity index (χ2n) is 8.09. The molecule has 3 aromatic rings. The Hall–Kier alpha value is -3.23. The number of halogens is 2. The van der Waals surface area contributed by atoms with Crippen molar-refractivity contribution in [3.05, 3.63) is 53.9 Å². The van der Waals surface area contributed by atoms with Gasteiger partial charge in [0.25, 0.3) is 0 Å². The second-order valence-corrected chi connectivity index (χ2v) is 8.09. The van der Waals surface area contributed by atoms with Gasteiger partial charge in [-0.25, -0.2) is 9.97 Å². The van der Waals surface area contributed by atoms with Crippen molar-refractivity contribution >= 4 is 59.6 Å². The fourth-order valence-corrected chi connectivity index (χ4v) is 4.26. The van der Waals surface area contributed by atoms with Crippen LogP contribution >= 0.6 is 24.8 Å². The molecule has 5 N–H and O–H groups in total. The van der Waals surface area contributed by atoms with Gasteiger partial charge < -0.3 is 25.8 Å². The first-order valence-electron chi connectivity index (χ1n) is 11.1. The Morgan fingerprint density at radius 2 is 1.74 bits per heavy atom. The lowest BCUT2D eigenvalue weighted by molar-refractivity contribution is 0.377. The van der Waals surface area contributed by atoms with Crippen LogP contribution in [0.4, 0.5) is 5.82 Å². The van der Waals surface area contributed by atoms with Crippen LogP contribution in [0, 0.1) is 5.41 Å². The molecule has 0 unspecified atom stereocenters. The molecule has 1 aromatic heterocycles.